The van der Waals surface area contributed by atoms with E-state index in [-0.39, 0.29) is 23.9 Å². The highest BCUT2D eigenvalue weighted by Crippen LogP contribution is 2.46. The second-order valence-electron chi connectivity index (χ2n) is 5.76. The van der Waals surface area contributed by atoms with E-state index in [0.29, 0.717) is 5.69 Å². The number of anilines is 1. The third-order valence-electron chi connectivity index (χ3n) is 4.43. The van der Waals surface area contributed by atoms with Gasteiger partial charge in [-0.1, -0.05) is 19.3 Å². The van der Waals surface area contributed by atoms with Crippen LogP contribution in [0.4, 0.5) is 5.69 Å². The van der Waals surface area contributed by atoms with Gasteiger partial charge in [0.15, 0.2) is 0 Å². The standard InChI is InChI=1S/C15H16N2O4/c18-12-8-15(6-2-1-3-7-15)14(21)17(12)10-4-5-11(13(19)20)16-9-10/h4-5,9H,1-3,6-8H2,(H,19,20). The predicted octanol–water partition coefficient (Wildman–Crippen LogP) is 1.99. The molecule has 2 amide bonds. The lowest BCUT2D eigenvalue weighted by atomic mass is 9.73. The zero-order valence-corrected chi connectivity index (χ0v) is 11.5. The molecule has 3 rings (SSSR count). The van der Waals surface area contributed by atoms with Crippen LogP contribution in [0.15, 0.2) is 18.3 Å². The molecule has 1 saturated heterocycles. The zero-order valence-electron chi connectivity index (χ0n) is 11.5. The first-order valence-corrected chi connectivity index (χ1v) is 7.10. The number of hydrogen-bond donors (Lipinski definition) is 1. The first-order valence-electron chi connectivity index (χ1n) is 7.10. The third-order valence-corrected chi connectivity index (χ3v) is 4.43. The SMILES string of the molecule is O=C(O)c1ccc(N2C(=O)CC3(CCCCC3)C2=O)cn1. The van der Waals surface area contributed by atoms with Crippen molar-refractivity contribution in [3.05, 3.63) is 24.0 Å². The van der Waals surface area contributed by atoms with Crippen molar-refractivity contribution in [3.63, 3.8) is 0 Å². The van der Waals surface area contributed by atoms with E-state index < -0.39 is 11.4 Å². The van der Waals surface area contributed by atoms with Crippen molar-refractivity contribution in [2.45, 2.75) is 38.5 Å². The van der Waals surface area contributed by atoms with Gasteiger partial charge >= 0.3 is 5.97 Å². The lowest BCUT2D eigenvalue weighted by Crippen LogP contribution is -2.37. The maximum atomic E-state index is 12.7. The van der Waals surface area contributed by atoms with Gasteiger partial charge in [-0.3, -0.25) is 9.59 Å². The van der Waals surface area contributed by atoms with Crippen molar-refractivity contribution in [3.8, 4) is 0 Å². The van der Waals surface area contributed by atoms with Crippen LogP contribution in [0.3, 0.4) is 0 Å². The van der Waals surface area contributed by atoms with Crippen molar-refractivity contribution in [1.29, 1.82) is 0 Å². The molecule has 0 bridgehead atoms. The van der Waals surface area contributed by atoms with Gasteiger partial charge in [-0.25, -0.2) is 14.7 Å². The molecule has 1 saturated carbocycles. The number of aromatic carboxylic acids is 1. The number of pyridine rings is 1. The summed E-state index contributed by atoms with van der Waals surface area (Å²) in [4.78, 5) is 40.7. The minimum Gasteiger partial charge on any atom is -0.477 e. The molecule has 1 N–H and O–H groups in total. The van der Waals surface area contributed by atoms with Crippen LogP contribution < -0.4 is 4.90 Å². The van der Waals surface area contributed by atoms with Gasteiger partial charge in [0.1, 0.15) is 5.69 Å². The molecular formula is C15H16N2O4. The van der Waals surface area contributed by atoms with Crippen molar-refractivity contribution >= 4 is 23.5 Å². The summed E-state index contributed by atoms with van der Waals surface area (Å²) in [6.07, 6.45) is 6.11. The Hall–Kier alpha value is -2.24. The normalized spacial score (nSPS) is 21.0. The Labute approximate surface area is 121 Å². The molecule has 1 aromatic heterocycles. The average molecular weight is 288 g/mol. The number of amides is 2. The quantitative estimate of drug-likeness (QED) is 0.841. The number of carboxylic acid groups (broad SMARTS) is 1. The van der Waals surface area contributed by atoms with Gasteiger partial charge < -0.3 is 5.11 Å². The van der Waals surface area contributed by atoms with Crippen molar-refractivity contribution in [2.75, 3.05) is 4.90 Å². The number of carbonyl (C=O) groups excluding carboxylic acids is 2. The lowest BCUT2D eigenvalue weighted by Gasteiger charge is -2.30. The zero-order chi connectivity index (χ0) is 15.0. The predicted molar refractivity (Wildman–Crippen MR) is 73.8 cm³/mol. The van der Waals surface area contributed by atoms with Crippen molar-refractivity contribution < 1.29 is 19.5 Å². The number of rotatable bonds is 2. The number of hydrogen-bond acceptors (Lipinski definition) is 4. The highest BCUT2D eigenvalue weighted by molar-refractivity contribution is 6.22. The molecule has 0 radical (unpaired) electrons. The molecule has 0 aromatic carbocycles. The van der Waals surface area contributed by atoms with Crippen LogP contribution in [-0.2, 0) is 9.59 Å². The maximum Gasteiger partial charge on any atom is 0.354 e. The summed E-state index contributed by atoms with van der Waals surface area (Å²) >= 11 is 0. The van der Waals surface area contributed by atoms with E-state index in [1.54, 1.807) is 0 Å². The van der Waals surface area contributed by atoms with E-state index in [9.17, 15) is 14.4 Å². The summed E-state index contributed by atoms with van der Waals surface area (Å²) in [5.74, 6) is -1.51. The molecule has 0 unspecified atom stereocenters. The molecule has 6 heteroatoms. The van der Waals surface area contributed by atoms with Crippen LogP contribution in [0.2, 0.25) is 0 Å². The number of nitrogens with zero attached hydrogens (tertiary/aromatic N) is 2. The summed E-state index contributed by atoms with van der Waals surface area (Å²) in [5.41, 5.74) is -0.288. The van der Waals surface area contributed by atoms with E-state index in [1.165, 1.54) is 23.2 Å². The van der Waals surface area contributed by atoms with Crippen LogP contribution in [0.25, 0.3) is 0 Å². The Balaban J connectivity index is 1.90. The molecule has 1 spiro atoms. The Bertz CT molecular complexity index is 603. The van der Waals surface area contributed by atoms with Crippen LogP contribution in [0, 0.1) is 5.41 Å². The monoisotopic (exact) mass is 288 g/mol. The largest absolute Gasteiger partial charge is 0.477 e. The van der Waals surface area contributed by atoms with Crippen molar-refractivity contribution in [2.24, 2.45) is 5.41 Å². The highest BCUT2D eigenvalue weighted by atomic mass is 16.4. The lowest BCUT2D eigenvalue weighted by molar-refractivity contribution is -0.127. The smallest absolute Gasteiger partial charge is 0.354 e. The molecule has 1 aliphatic heterocycles. The first kappa shape index (κ1) is 13.7. The van der Waals surface area contributed by atoms with Gasteiger partial charge in [-0.05, 0) is 25.0 Å². The molecule has 2 heterocycles. The van der Waals surface area contributed by atoms with E-state index in [1.807, 2.05) is 0 Å². The van der Waals surface area contributed by atoms with Crippen molar-refractivity contribution in [1.82, 2.24) is 4.98 Å². The van der Waals surface area contributed by atoms with Gasteiger partial charge in [0, 0.05) is 6.42 Å². The minimum atomic E-state index is -1.13. The van der Waals surface area contributed by atoms with Gasteiger partial charge in [-0.2, -0.15) is 0 Å². The average Bonchev–Trinajstić information content (AvgIpc) is 2.71. The Morgan fingerprint density at radius 1 is 1.19 bits per heavy atom. The van der Waals surface area contributed by atoms with Gasteiger partial charge in [0.2, 0.25) is 11.8 Å². The molecule has 6 nitrogen and oxygen atoms in total. The number of carbonyl (C=O) groups is 3. The summed E-state index contributed by atoms with van der Waals surface area (Å²) in [6.45, 7) is 0. The third kappa shape index (κ3) is 2.20. The Morgan fingerprint density at radius 3 is 2.48 bits per heavy atom. The van der Waals surface area contributed by atoms with E-state index in [0.717, 1.165) is 32.1 Å². The summed E-state index contributed by atoms with van der Waals surface area (Å²) < 4.78 is 0. The van der Waals surface area contributed by atoms with E-state index >= 15 is 0 Å². The number of imide groups is 1. The molecule has 21 heavy (non-hydrogen) atoms. The Morgan fingerprint density at radius 2 is 1.90 bits per heavy atom. The van der Waals surface area contributed by atoms with Crippen LogP contribution >= 0.6 is 0 Å². The topological polar surface area (TPSA) is 87.6 Å². The summed E-state index contributed by atoms with van der Waals surface area (Å²) in [7, 11) is 0. The highest BCUT2D eigenvalue weighted by Gasteiger charge is 2.52. The second-order valence-corrected chi connectivity index (χ2v) is 5.76. The molecule has 2 fully saturated rings. The summed E-state index contributed by atoms with van der Waals surface area (Å²) in [6, 6.07) is 2.78. The summed E-state index contributed by atoms with van der Waals surface area (Å²) in [5, 5.41) is 8.83. The maximum absolute atomic E-state index is 12.7. The fraction of sp³-hybridized carbons (Fsp3) is 0.467. The van der Waals surface area contributed by atoms with E-state index in [2.05, 4.69) is 4.98 Å². The first-order chi connectivity index (χ1) is 10.0. The van der Waals surface area contributed by atoms with Crippen LogP contribution in [-0.4, -0.2) is 27.9 Å². The number of aromatic nitrogens is 1. The molecule has 110 valence electrons. The fourth-order valence-corrected chi connectivity index (χ4v) is 3.32. The molecule has 1 aliphatic carbocycles. The molecule has 1 aromatic rings. The second kappa shape index (κ2) is 4.95. The molecule has 2 aliphatic rings. The van der Waals surface area contributed by atoms with Gasteiger partial charge in [-0.15, -0.1) is 0 Å². The molecular weight excluding hydrogens is 272 g/mol. The minimum absolute atomic E-state index is 0.106. The van der Waals surface area contributed by atoms with Crippen LogP contribution in [0.5, 0.6) is 0 Å². The Kier molecular flexibility index (Phi) is 3.23. The fourth-order valence-electron chi connectivity index (χ4n) is 3.32. The van der Waals surface area contributed by atoms with Gasteiger partial charge in [0.25, 0.3) is 0 Å². The van der Waals surface area contributed by atoms with Crippen LogP contribution in [0.1, 0.15) is 49.0 Å². The number of carboxylic acids is 1. The van der Waals surface area contributed by atoms with Gasteiger partial charge in [0.05, 0.1) is 17.3 Å². The van der Waals surface area contributed by atoms with E-state index in [4.69, 9.17) is 5.11 Å². The molecule has 0 atom stereocenters.